The molecule has 1 aliphatic rings. The molecule has 1 fully saturated rings. The fourth-order valence-corrected chi connectivity index (χ4v) is 2.71. The van der Waals surface area contributed by atoms with Crippen LogP contribution in [-0.2, 0) is 4.74 Å². The van der Waals surface area contributed by atoms with Crippen LogP contribution in [0, 0.1) is 11.3 Å². The van der Waals surface area contributed by atoms with Crippen LogP contribution in [-0.4, -0.2) is 5.60 Å². The van der Waals surface area contributed by atoms with E-state index in [-0.39, 0.29) is 6.10 Å². The Bertz CT molecular complexity index is 759. The van der Waals surface area contributed by atoms with Gasteiger partial charge in [-0.2, -0.15) is 5.26 Å². The second kappa shape index (κ2) is 5.78. The summed E-state index contributed by atoms with van der Waals surface area (Å²) in [4.78, 5) is 0. The highest BCUT2D eigenvalue weighted by molar-refractivity contribution is 6.30. The molecule has 0 radical (unpaired) electrons. The van der Waals surface area contributed by atoms with Crippen molar-refractivity contribution in [3.8, 4) is 6.07 Å². The molecule has 2 aromatic carbocycles. The number of nitriles is 1. The fraction of sp³-hybridized carbons (Fsp3) is 0.167. The van der Waals surface area contributed by atoms with Crippen molar-refractivity contribution in [2.75, 3.05) is 0 Å². The average Bonchev–Trinajstić information content (AvgIpc) is 3.18. The largest absolute Gasteiger partial charge is 0.357 e. The van der Waals surface area contributed by atoms with Gasteiger partial charge in [-0.1, -0.05) is 47.5 Å². The molecule has 0 saturated carbocycles. The lowest BCUT2D eigenvalue weighted by Gasteiger charge is -2.04. The van der Waals surface area contributed by atoms with Crippen molar-refractivity contribution in [3.05, 3.63) is 75.8 Å². The molecule has 2 atom stereocenters. The number of hydrogen-bond acceptors (Lipinski definition) is 2. The van der Waals surface area contributed by atoms with Crippen molar-refractivity contribution < 1.29 is 4.74 Å². The molecule has 0 amide bonds. The monoisotopic (exact) mass is 329 g/mol. The smallest absolute Gasteiger partial charge is 0.116 e. The van der Waals surface area contributed by atoms with E-state index in [4.69, 9.17) is 27.9 Å². The molecule has 1 saturated heterocycles. The summed E-state index contributed by atoms with van der Waals surface area (Å²) in [6.45, 7) is 1.97. The maximum absolute atomic E-state index is 9.41. The molecule has 4 heteroatoms. The molecule has 0 spiro atoms. The molecular formula is C18H13Cl2NO. The van der Waals surface area contributed by atoms with E-state index < -0.39 is 5.60 Å². The number of rotatable bonds is 3. The van der Waals surface area contributed by atoms with E-state index in [1.54, 1.807) is 12.1 Å². The third kappa shape index (κ3) is 3.03. The maximum atomic E-state index is 9.41. The van der Waals surface area contributed by atoms with Gasteiger partial charge in [-0.05, 0) is 48.4 Å². The highest BCUT2D eigenvalue weighted by atomic mass is 35.5. The van der Waals surface area contributed by atoms with Gasteiger partial charge in [-0.3, -0.25) is 0 Å². The summed E-state index contributed by atoms with van der Waals surface area (Å²) in [7, 11) is 0. The van der Waals surface area contributed by atoms with E-state index in [0.29, 0.717) is 15.6 Å². The van der Waals surface area contributed by atoms with Gasteiger partial charge in [0.05, 0.1) is 11.6 Å². The van der Waals surface area contributed by atoms with E-state index in [2.05, 4.69) is 6.07 Å². The van der Waals surface area contributed by atoms with E-state index in [1.165, 1.54) is 0 Å². The van der Waals surface area contributed by atoms with Crippen LogP contribution in [0.1, 0.15) is 24.2 Å². The van der Waals surface area contributed by atoms with Gasteiger partial charge in [0.25, 0.3) is 0 Å². The molecule has 2 nitrogen and oxygen atoms in total. The summed E-state index contributed by atoms with van der Waals surface area (Å²) in [6.07, 6.45) is 1.82. The lowest BCUT2D eigenvalue weighted by molar-refractivity contribution is 0.345. The lowest BCUT2D eigenvalue weighted by atomic mass is 9.96. The van der Waals surface area contributed by atoms with Gasteiger partial charge in [0, 0.05) is 10.0 Å². The van der Waals surface area contributed by atoms with Gasteiger partial charge in [0.15, 0.2) is 0 Å². The van der Waals surface area contributed by atoms with Crippen LogP contribution >= 0.6 is 23.2 Å². The molecule has 110 valence electrons. The van der Waals surface area contributed by atoms with Crippen LogP contribution in [0.15, 0.2) is 54.6 Å². The molecule has 22 heavy (non-hydrogen) atoms. The molecule has 0 unspecified atom stereocenters. The highest BCUT2D eigenvalue weighted by Gasteiger charge is 2.51. The summed E-state index contributed by atoms with van der Waals surface area (Å²) < 4.78 is 5.81. The van der Waals surface area contributed by atoms with Crippen molar-refractivity contribution >= 4 is 28.8 Å². The SMILES string of the molecule is C[C@@]1(/C=C(\C#N)c2ccc(Cl)cc2)O[C@@H]1c1ccc(Cl)cc1. The topological polar surface area (TPSA) is 36.3 Å². The second-order valence-corrected chi connectivity index (χ2v) is 6.28. The molecular weight excluding hydrogens is 317 g/mol. The van der Waals surface area contributed by atoms with E-state index in [1.807, 2.05) is 49.4 Å². The van der Waals surface area contributed by atoms with Gasteiger partial charge in [-0.15, -0.1) is 0 Å². The molecule has 0 bridgehead atoms. The second-order valence-electron chi connectivity index (χ2n) is 5.41. The van der Waals surface area contributed by atoms with Crippen LogP contribution in [0.4, 0.5) is 0 Å². The molecule has 1 heterocycles. The Morgan fingerprint density at radius 2 is 1.64 bits per heavy atom. The van der Waals surface area contributed by atoms with E-state index >= 15 is 0 Å². The first-order valence-corrected chi connectivity index (χ1v) is 7.59. The van der Waals surface area contributed by atoms with Gasteiger partial charge < -0.3 is 4.74 Å². The number of epoxide rings is 1. The molecule has 0 aliphatic carbocycles. The molecule has 0 N–H and O–H groups in total. The van der Waals surface area contributed by atoms with Crippen molar-refractivity contribution in [1.29, 1.82) is 5.26 Å². The molecule has 2 aromatic rings. The molecule has 3 rings (SSSR count). The first-order valence-electron chi connectivity index (χ1n) is 6.84. The van der Waals surface area contributed by atoms with E-state index in [9.17, 15) is 5.26 Å². The third-order valence-corrected chi connectivity index (χ3v) is 4.22. The number of nitrogens with zero attached hydrogens (tertiary/aromatic N) is 1. The minimum Gasteiger partial charge on any atom is -0.357 e. The number of benzene rings is 2. The number of hydrogen-bond donors (Lipinski definition) is 0. The van der Waals surface area contributed by atoms with Crippen molar-refractivity contribution in [2.24, 2.45) is 0 Å². The third-order valence-electron chi connectivity index (χ3n) is 3.71. The van der Waals surface area contributed by atoms with Crippen LogP contribution < -0.4 is 0 Å². The van der Waals surface area contributed by atoms with Crippen molar-refractivity contribution in [1.82, 2.24) is 0 Å². The Morgan fingerprint density at radius 1 is 1.09 bits per heavy atom. The Kier molecular flexibility index (Phi) is 3.97. The summed E-state index contributed by atoms with van der Waals surface area (Å²) in [6, 6.07) is 17.0. The van der Waals surface area contributed by atoms with Crippen LogP contribution in [0.2, 0.25) is 10.0 Å². The Morgan fingerprint density at radius 3 is 2.18 bits per heavy atom. The van der Waals surface area contributed by atoms with Gasteiger partial charge in [0.2, 0.25) is 0 Å². The normalized spacial score (nSPS) is 23.9. The summed E-state index contributed by atoms with van der Waals surface area (Å²) >= 11 is 11.8. The fourth-order valence-electron chi connectivity index (χ4n) is 2.46. The first kappa shape index (κ1) is 15.1. The predicted octanol–water partition coefficient (Wildman–Crippen LogP) is 5.43. The van der Waals surface area contributed by atoms with Crippen LogP contribution in [0.3, 0.4) is 0 Å². The number of allylic oxidation sites excluding steroid dienone is 1. The Labute approximate surface area is 139 Å². The van der Waals surface area contributed by atoms with Crippen LogP contribution in [0.25, 0.3) is 5.57 Å². The zero-order chi connectivity index (χ0) is 15.7. The quantitative estimate of drug-likeness (QED) is 0.556. The van der Waals surface area contributed by atoms with Gasteiger partial charge in [-0.25, -0.2) is 0 Å². The summed E-state index contributed by atoms with van der Waals surface area (Å²) in [5.41, 5.74) is 1.99. The summed E-state index contributed by atoms with van der Waals surface area (Å²) in [5.74, 6) is 0. The number of halogens is 2. The van der Waals surface area contributed by atoms with E-state index in [0.717, 1.165) is 11.1 Å². The Hall–Kier alpha value is -1.79. The maximum Gasteiger partial charge on any atom is 0.116 e. The number of ether oxygens (including phenoxy) is 1. The molecule has 1 aliphatic heterocycles. The highest BCUT2D eigenvalue weighted by Crippen LogP contribution is 2.51. The minimum absolute atomic E-state index is 0.0552. The average molecular weight is 330 g/mol. The first-order chi connectivity index (χ1) is 10.5. The van der Waals surface area contributed by atoms with Gasteiger partial charge >= 0.3 is 0 Å². The predicted molar refractivity (Wildman–Crippen MR) is 88.7 cm³/mol. The minimum atomic E-state index is -0.474. The van der Waals surface area contributed by atoms with Crippen molar-refractivity contribution in [2.45, 2.75) is 18.6 Å². The standard InChI is InChI=1S/C18H13Cl2NO/c1-18(17(22-18)13-4-8-16(20)9-5-13)10-14(11-21)12-2-6-15(19)7-3-12/h2-10,17H,1H3/b14-10+/t17-,18+/m1/s1. The lowest BCUT2D eigenvalue weighted by Crippen LogP contribution is -2.02. The zero-order valence-corrected chi connectivity index (χ0v) is 13.4. The van der Waals surface area contributed by atoms with Crippen LogP contribution in [0.5, 0.6) is 0 Å². The van der Waals surface area contributed by atoms with Gasteiger partial charge in [0.1, 0.15) is 11.7 Å². The Balaban J connectivity index is 1.86. The summed E-state index contributed by atoms with van der Waals surface area (Å²) in [5, 5.41) is 10.8. The molecule has 0 aromatic heterocycles. The van der Waals surface area contributed by atoms with Crippen molar-refractivity contribution in [3.63, 3.8) is 0 Å². The zero-order valence-electron chi connectivity index (χ0n) is 11.9.